The van der Waals surface area contributed by atoms with Crippen LogP contribution in [0.3, 0.4) is 0 Å². The quantitative estimate of drug-likeness (QED) is 0.241. The van der Waals surface area contributed by atoms with E-state index < -0.39 is 41.5 Å². The molecule has 0 atom stereocenters. The van der Waals surface area contributed by atoms with Gasteiger partial charge in [-0.2, -0.15) is 13.5 Å². The second-order valence-corrected chi connectivity index (χ2v) is 8.61. The minimum atomic E-state index is -4.92. The molecular weight excluding hydrogens is 454 g/mol. The molecule has 0 spiro atoms. The summed E-state index contributed by atoms with van der Waals surface area (Å²) >= 11 is 0. The Morgan fingerprint density at radius 2 is 1.40 bits per heavy atom. The molecule has 9 nitrogen and oxygen atoms in total. The summed E-state index contributed by atoms with van der Waals surface area (Å²) in [7, 11) is -9.53. The molecule has 0 radical (unpaired) electrons. The van der Waals surface area contributed by atoms with Gasteiger partial charge in [-0.1, -0.05) is 36.1 Å². The SMILES string of the molecule is Cc1ccc(N=Nc2cc(S(=O)(=O)[O-])c3ccccc3c2[O-])c(S(=O)(=O)O)c1.[Na+].[Na+]. The Hall–Kier alpha value is -0.860. The molecule has 0 saturated carbocycles. The summed E-state index contributed by atoms with van der Waals surface area (Å²) in [5.74, 6) is -0.688. The number of azo groups is 1. The first kappa shape index (κ1) is 27.2. The van der Waals surface area contributed by atoms with Crippen molar-refractivity contribution in [1.29, 1.82) is 0 Å². The van der Waals surface area contributed by atoms with E-state index in [2.05, 4.69) is 10.2 Å². The van der Waals surface area contributed by atoms with Crippen LogP contribution < -0.4 is 64.2 Å². The number of nitrogens with zero attached hydrogens (tertiary/aromatic N) is 2. The number of hydrogen-bond donors (Lipinski definition) is 1. The number of fused-ring (bicyclic) bond motifs is 1. The van der Waals surface area contributed by atoms with Crippen LogP contribution in [0, 0.1) is 6.92 Å². The van der Waals surface area contributed by atoms with Gasteiger partial charge in [0, 0.05) is 0 Å². The third-order valence-electron chi connectivity index (χ3n) is 3.87. The maximum atomic E-state index is 12.5. The summed E-state index contributed by atoms with van der Waals surface area (Å²) in [6.45, 7) is 1.60. The second-order valence-electron chi connectivity index (χ2n) is 5.87. The van der Waals surface area contributed by atoms with Crippen LogP contribution >= 0.6 is 0 Å². The maximum absolute atomic E-state index is 12.5. The normalized spacial score (nSPS) is 11.8. The largest absolute Gasteiger partial charge is 1.00 e. The van der Waals surface area contributed by atoms with Gasteiger partial charge in [0.1, 0.15) is 20.7 Å². The van der Waals surface area contributed by atoms with Gasteiger partial charge in [-0.05, 0) is 41.5 Å². The van der Waals surface area contributed by atoms with Crippen molar-refractivity contribution in [3.8, 4) is 5.75 Å². The molecule has 0 aromatic heterocycles. The molecule has 0 aliphatic heterocycles. The van der Waals surface area contributed by atoms with Crippen molar-refractivity contribution in [1.82, 2.24) is 0 Å². The van der Waals surface area contributed by atoms with Crippen LogP contribution in [0.15, 0.2) is 68.6 Å². The zero-order valence-corrected chi connectivity index (χ0v) is 21.9. The summed E-state index contributed by atoms with van der Waals surface area (Å²) in [6.07, 6.45) is 0. The molecule has 0 amide bonds. The van der Waals surface area contributed by atoms with Crippen molar-refractivity contribution in [3.05, 3.63) is 54.1 Å². The second kappa shape index (κ2) is 10.2. The number of rotatable bonds is 4. The predicted molar refractivity (Wildman–Crippen MR) is 96.5 cm³/mol. The molecule has 3 rings (SSSR count). The average Bonchev–Trinajstić information content (AvgIpc) is 2.60. The van der Waals surface area contributed by atoms with Gasteiger partial charge in [0.15, 0.2) is 0 Å². The molecule has 3 aromatic rings. The Morgan fingerprint density at radius 1 is 0.833 bits per heavy atom. The first-order valence-corrected chi connectivity index (χ1v) is 10.5. The molecule has 1 N–H and O–H groups in total. The summed E-state index contributed by atoms with van der Waals surface area (Å²) in [5.41, 5.74) is -0.191. The van der Waals surface area contributed by atoms with Crippen molar-refractivity contribution in [2.24, 2.45) is 10.2 Å². The Labute approximate surface area is 217 Å². The van der Waals surface area contributed by atoms with Crippen molar-refractivity contribution < 1.29 is 90.2 Å². The van der Waals surface area contributed by atoms with Gasteiger partial charge in [-0.3, -0.25) is 4.55 Å². The molecule has 146 valence electrons. The summed E-state index contributed by atoms with van der Waals surface area (Å²) in [6, 6.07) is 10.3. The predicted octanol–water partition coefficient (Wildman–Crippen LogP) is -3.20. The van der Waals surface area contributed by atoms with Crippen LogP contribution in [0.5, 0.6) is 5.75 Å². The van der Waals surface area contributed by atoms with Crippen molar-refractivity contribution in [2.45, 2.75) is 16.7 Å². The van der Waals surface area contributed by atoms with E-state index in [9.17, 15) is 31.0 Å². The standard InChI is InChI=1S/C17H14N2O7S2.2Na/c1-10-6-7-13(16(8-10)28(24,25)26)18-19-14-9-15(27(21,22)23)11-4-2-3-5-12(11)17(14)20;;/h2-9,20H,1H3,(H,21,22,23)(H,24,25,26);;/q;2*+1/p-2. The number of hydrogen-bond acceptors (Lipinski definition) is 8. The van der Waals surface area contributed by atoms with Crippen LogP contribution in [0.1, 0.15) is 5.56 Å². The molecule has 0 unspecified atom stereocenters. The van der Waals surface area contributed by atoms with E-state index in [4.69, 9.17) is 0 Å². The molecule has 0 aliphatic rings. The molecule has 0 saturated heterocycles. The molecule has 0 bridgehead atoms. The third kappa shape index (κ3) is 5.88. The molecule has 3 aromatic carbocycles. The van der Waals surface area contributed by atoms with Gasteiger partial charge in [0.05, 0.1) is 10.6 Å². The van der Waals surface area contributed by atoms with Crippen LogP contribution in [0.25, 0.3) is 10.8 Å². The van der Waals surface area contributed by atoms with Gasteiger partial charge in [-0.15, -0.1) is 5.11 Å². The van der Waals surface area contributed by atoms with Crippen molar-refractivity contribution in [2.75, 3.05) is 0 Å². The third-order valence-corrected chi connectivity index (χ3v) is 5.62. The average molecular weight is 466 g/mol. The molecule has 0 aliphatic carbocycles. The summed E-state index contributed by atoms with van der Waals surface area (Å²) in [5, 5.41) is 19.8. The number of aryl methyl sites for hydroxylation is 1. The van der Waals surface area contributed by atoms with E-state index in [-0.39, 0.29) is 75.6 Å². The van der Waals surface area contributed by atoms with Crippen molar-refractivity contribution in [3.63, 3.8) is 0 Å². The van der Waals surface area contributed by atoms with E-state index in [0.29, 0.717) is 5.56 Å². The fourth-order valence-corrected chi connectivity index (χ4v) is 4.01. The summed E-state index contributed by atoms with van der Waals surface area (Å²) in [4.78, 5) is -1.17. The van der Waals surface area contributed by atoms with Crippen LogP contribution in [0.4, 0.5) is 11.4 Å². The van der Waals surface area contributed by atoms with Crippen LogP contribution in [0.2, 0.25) is 0 Å². The first-order valence-electron chi connectivity index (χ1n) is 7.67. The monoisotopic (exact) mass is 466 g/mol. The fourth-order valence-electron chi connectivity index (χ4n) is 2.60. The minimum Gasteiger partial charge on any atom is -0.871 e. The molecule has 0 fully saturated rings. The molecule has 13 heteroatoms. The molecule has 30 heavy (non-hydrogen) atoms. The van der Waals surface area contributed by atoms with Gasteiger partial charge >= 0.3 is 59.1 Å². The Morgan fingerprint density at radius 3 is 1.97 bits per heavy atom. The maximum Gasteiger partial charge on any atom is 1.00 e. The van der Waals surface area contributed by atoms with Crippen LogP contribution in [-0.4, -0.2) is 25.9 Å². The van der Waals surface area contributed by atoms with E-state index in [0.717, 1.165) is 12.1 Å². The van der Waals surface area contributed by atoms with E-state index in [1.54, 1.807) is 6.92 Å². The summed E-state index contributed by atoms with van der Waals surface area (Å²) < 4.78 is 67.1. The van der Waals surface area contributed by atoms with E-state index >= 15 is 0 Å². The minimum absolute atomic E-state index is 0. The van der Waals surface area contributed by atoms with Crippen molar-refractivity contribution >= 4 is 42.4 Å². The Bertz CT molecular complexity index is 1340. The van der Waals surface area contributed by atoms with E-state index in [1.165, 1.54) is 36.4 Å². The fraction of sp³-hybridized carbons (Fsp3) is 0.0588. The zero-order valence-electron chi connectivity index (χ0n) is 16.2. The first-order chi connectivity index (χ1) is 13.0. The smallest absolute Gasteiger partial charge is 0.871 e. The topological polar surface area (TPSA) is 159 Å². The van der Waals surface area contributed by atoms with Gasteiger partial charge < -0.3 is 9.66 Å². The Balaban J connectivity index is 0.00000225. The molecular formula is C17H12N2Na2O7S2. The van der Waals surface area contributed by atoms with Crippen LogP contribution in [-0.2, 0) is 20.2 Å². The van der Waals surface area contributed by atoms with Gasteiger partial charge in [0.25, 0.3) is 10.1 Å². The molecule has 0 heterocycles. The van der Waals surface area contributed by atoms with E-state index in [1.807, 2.05) is 0 Å². The number of benzene rings is 3. The zero-order chi connectivity index (χ0) is 20.7. The Kier molecular flexibility index (Phi) is 9.21. The van der Waals surface area contributed by atoms with Gasteiger partial charge in [0.2, 0.25) is 0 Å². The van der Waals surface area contributed by atoms with Gasteiger partial charge in [-0.25, -0.2) is 8.42 Å².